The maximum atomic E-state index is 12.9. The van der Waals surface area contributed by atoms with Crippen LogP contribution >= 0.6 is 0 Å². The molecule has 7 heteroatoms. The minimum absolute atomic E-state index is 0.0619. The van der Waals surface area contributed by atoms with Crippen LogP contribution < -0.4 is 15.4 Å². The first-order chi connectivity index (χ1) is 14.0. The van der Waals surface area contributed by atoms with E-state index in [-0.39, 0.29) is 36.9 Å². The van der Waals surface area contributed by atoms with Gasteiger partial charge >= 0.3 is 0 Å². The summed E-state index contributed by atoms with van der Waals surface area (Å²) in [5, 5.41) is 5.29. The molecule has 2 N–H and O–H groups in total. The number of hydrogen-bond acceptors (Lipinski definition) is 4. The van der Waals surface area contributed by atoms with Crippen molar-refractivity contribution in [2.75, 3.05) is 25.5 Å². The fourth-order valence-corrected chi connectivity index (χ4v) is 2.99. The van der Waals surface area contributed by atoms with Crippen molar-refractivity contribution in [2.45, 2.75) is 25.8 Å². The number of rotatable bonds is 8. The predicted molar refractivity (Wildman–Crippen MR) is 110 cm³/mol. The van der Waals surface area contributed by atoms with Crippen molar-refractivity contribution in [1.29, 1.82) is 0 Å². The van der Waals surface area contributed by atoms with Gasteiger partial charge in [0.2, 0.25) is 11.8 Å². The molecule has 1 aliphatic rings. The molecule has 1 saturated carbocycles. The zero-order chi connectivity index (χ0) is 20.8. The molecule has 0 spiro atoms. The quantitative estimate of drug-likeness (QED) is 0.718. The Labute approximate surface area is 170 Å². The summed E-state index contributed by atoms with van der Waals surface area (Å²) < 4.78 is 5.07. The van der Waals surface area contributed by atoms with Crippen LogP contribution in [0.5, 0.6) is 5.75 Å². The Hall–Kier alpha value is -3.35. The van der Waals surface area contributed by atoms with Gasteiger partial charge in [-0.1, -0.05) is 18.2 Å². The fraction of sp³-hybridized carbons (Fsp3) is 0.318. The number of hydrogen-bond donors (Lipinski definition) is 2. The Morgan fingerprint density at radius 1 is 1.03 bits per heavy atom. The van der Waals surface area contributed by atoms with Crippen molar-refractivity contribution >= 4 is 23.4 Å². The molecule has 0 bridgehead atoms. The number of amides is 3. The lowest BCUT2D eigenvalue weighted by Crippen LogP contribution is -2.44. The maximum absolute atomic E-state index is 12.9. The van der Waals surface area contributed by atoms with Gasteiger partial charge in [0, 0.05) is 17.3 Å². The number of nitrogens with one attached hydrogen (secondary N) is 2. The summed E-state index contributed by atoms with van der Waals surface area (Å²) >= 11 is 0. The van der Waals surface area contributed by atoms with Crippen molar-refractivity contribution in [3.05, 3.63) is 59.7 Å². The first kappa shape index (κ1) is 20.4. The summed E-state index contributed by atoms with van der Waals surface area (Å²) in [4.78, 5) is 38.9. The van der Waals surface area contributed by atoms with Gasteiger partial charge in [0.05, 0.1) is 13.7 Å². The normalized spacial score (nSPS) is 12.8. The monoisotopic (exact) mass is 395 g/mol. The van der Waals surface area contributed by atoms with Gasteiger partial charge in [0.15, 0.2) is 0 Å². The number of benzene rings is 2. The second-order valence-electron chi connectivity index (χ2n) is 7.03. The van der Waals surface area contributed by atoms with Crippen LogP contribution in [0.15, 0.2) is 48.5 Å². The Kier molecular flexibility index (Phi) is 6.49. The van der Waals surface area contributed by atoms with Crippen LogP contribution in [-0.4, -0.2) is 48.9 Å². The van der Waals surface area contributed by atoms with Crippen LogP contribution in [0.1, 0.15) is 28.8 Å². The molecule has 0 heterocycles. The predicted octanol–water partition coefficient (Wildman–Crippen LogP) is 2.36. The number of carbonyl (C=O) groups is 3. The van der Waals surface area contributed by atoms with Crippen molar-refractivity contribution in [2.24, 2.45) is 0 Å². The third-order valence-corrected chi connectivity index (χ3v) is 4.76. The van der Waals surface area contributed by atoms with Gasteiger partial charge in [0.1, 0.15) is 12.3 Å². The molecule has 0 aliphatic heterocycles. The van der Waals surface area contributed by atoms with E-state index in [0.717, 1.165) is 18.4 Å². The lowest BCUT2D eigenvalue weighted by Gasteiger charge is -2.22. The van der Waals surface area contributed by atoms with Gasteiger partial charge < -0.3 is 20.3 Å². The smallest absolute Gasteiger partial charge is 0.254 e. The number of anilines is 1. The van der Waals surface area contributed by atoms with E-state index in [1.54, 1.807) is 42.3 Å². The molecule has 1 fully saturated rings. The first-order valence-electron chi connectivity index (χ1n) is 9.55. The minimum Gasteiger partial charge on any atom is -0.497 e. The Morgan fingerprint density at radius 2 is 1.72 bits per heavy atom. The summed E-state index contributed by atoms with van der Waals surface area (Å²) in [6, 6.07) is 14.3. The molecule has 3 rings (SSSR count). The van der Waals surface area contributed by atoms with E-state index in [9.17, 15) is 14.4 Å². The maximum Gasteiger partial charge on any atom is 0.254 e. The Balaban J connectivity index is 1.52. The standard InChI is InChI=1S/C22H25N3O4/c1-15-5-3-4-6-19(15)22(28)25(17-9-10-17)14-21(27)23-13-20(26)24-16-7-11-18(29-2)12-8-16/h3-8,11-12,17H,9-10,13-14H2,1-2H3,(H,23,27)(H,24,26). The first-order valence-corrected chi connectivity index (χ1v) is 9.55. The average Bonchev–Trinajstić information content (AvgIpc) is 3.56. The molecule has 0 unspecified atom stereocenters. The van der Waals surface area contributed by atoms with Crippen molar-refractivity contribution in [3.63, 3.8) is 0 Å². The summed E-state index contributed by atoms with van der Waals surface area (Å²) in [6.45, 7) is 1.65. The zero-order valence-corrected chi connectivity index (χ0v) is 16.6. The number of carbonyl (C=O) groups excluding carboxylic acids is 3. The third-order valence-electron chi connectivity index (χ3n) is 4.76. The van der Waals surface area contributed by atoms with Gasteiger partial charge in [0.25, 0.3) is 5.91 Å². The molecular weight excluding hydrogens is 370 g/mol. The lowest BCUT2D eigenvalue weighted by atomic mass is 10.1. The minimum atomic E-state index is -0.358. The second-order valence-corrected chi connectivity index (χ2v) is 7.03. The van der Waals surface area contributed by atoms with E-state index in [0.29, 0.717) is 17.0 Å². The van der Waals surface area contributed by atoms with Gasteiger partial charge in [-0.05, 0) is 55.7 Å². The summed E-state index contributed by atoms with van der Waals surface area (Å²) in [6.07, 6.45) is 1.78. The number of ether oxygens (including phenoxy) is 1. The summed E-state index contributed by atoms with van der Waals surface area (Å²) in [5.74, 6) is -0.159. The molecule has 0 aromatic heterocycles. The van der Waals surface area contributed by atoms with E-state index < -0.39 is 0 Å². The molecule has 0 saturated heterocycles. The number of nitrogens with zero attached hydrogens (tertiary/aromatic N) is 1. The molecule has 152 valence electrons. The van der Waals surface area contributed by atoms with Gasteiger partial charge in [-0.25, -0.2) is 0 Å². The molecule has 0 radical (unpaired) electrons. The highest BCUT2D eigenvalue weighted by Crippen LogP contribution is 2.28. The van der Waals surface area contributed by atoms with Crippen LogP contribution in [0.4, 0.5) is 5.69 Å². The van der Waals surface area contributed by atoms with Crippen LogP contribution in [0.25, 0.3) is 0 Å². The molecule has 29 heavy (non-hydrogen) atoms. The highest BCUT2D eigenvalue weighted by Gasteiger charge is 2.34. The van der Waals surface area contributed by atoms with Gasteiger partial charge in [-0.3, -0.25) is 14.4 Å². The molecule has 0 atom stereocenters. The van der Waals surface area contributed by atoms with Crippen molar-refractivity contribution in [1.82, 2.24) is 10.2 Å². The topological polar surface area (TPSA) is 87.7 Å². The Morgan fingerprint density at radius 3 is 2.34 bits per heavy atom. The molecule has 7 nitrogen and oxygen atoms in total. The van der Waals surface area contributed by atoms with E-state index in [4.69, 9.17) is 4.74 Å². The SMILES string of the molecule is COc1ccc(NC(=O)CNC(=O)CN(C(=O)c2ccccc2C)C2CC2)cc1. The number of aryl methyl sites for hydroxylation is 1. The van der Waals surface area contributed by atoms with Crippen LogP contribution in [0.3, 0.4) is 0 Å². The van der Waals surface area contributed by atoms with E-state index in [2.05, 4.69) is 10.6 Å². The van der Waals surface area contributed by atoms with Gasteiger partial charge in [-0.2, -0.15) is 0 Å². The highest BCUT2D eigenvalue weighted by molar-refractivity contribution is 5.99. The zero-order valence-electron chi connectivity index (χ0n) is 16.6. The lowest BCUT2D eigenvalue weighted by molar-refractivity contribution is -0.124. The Bertz CT molecular complexity index is 891. The van der Waals surface area contributed by atoms with E-state index in [1.165, 1.54) is 0 Å². The average molecular weight is 395 g/mol. The second kappa shape index (κ2) is 9.23. The van der Waals surface area contributed by atoms with Crippen molar-refractivity contribution < 1.29 is 19.1 Å². The van der Waals surface area contributed by atoms with Crippen molar-refractivity contribution in [3.8, 4) is 5.75 Å². The molecular formula is C22H25N3O4. The molecule has 3 amide bonds. The van der Waals surface area contributed by atoms with Gasteiger partial charge in [-0.15, -0.1) is 0 Å². The number of methoxy groups -OCH3 is 1. The van der Waals surface area contributed by atoms with Crippen LogP contribution in [0.2, 0.25) is 0 Å². The fourth-order valence-electron chi connectivity index (χ4n) is 2.99. The van der Waals surface area contributed by atoms with Crippen LogP contribution in [0, 0.1) is 6.92 Å². The van der Waals surface area contributed by atoms with Crippen LogP contribution in [-0.2, 0) is 9.59 Å². The molecule has 1 aliphatic carbocycles. The molecule has 2 aromatic rings. The van der Waals surface area contributed by atoms with E-state index in [1.807, 2.05) is 25.1 Å². The van der Waals surface area contributed by atoms with E-state index >= 15 is 0 Å². The summed E-state index contributed by atoms with van der Waals surface area (Å²) in [5.41, 5.74) is 2.09. The highest BCUT2D eigenvalue weighted by atomic mass is 16.5. The molecule has 2 aromatic carbocycles. The third kappa shape index (κ3) is 5.57. The largest absolute Gasteiger partial charge is 0.497 e. The summed E-state index contributed by atoms with van der Waals surface area (Å²) in [7, 11) is 1.57.